The van der Waals surface area contributed by atoms with E-state index in [-0.39, 0.29) is 0 Å². The Bertz CT molecular complexity index is 951. The molecule has 5 rings (SSSR count). The van der Waals surface area contributed by atoms with Crippen LogP contribution in [0.25, 0.3) is 5.69 Å². The van der Waals surface area contributed by atoms with E-state index in [0.717, 1.165) is 24.5 Å². The molecule has 3 aromatic rings. The van der Waals surface area contributed by atoms with Crippen molar-refractivity contribution in [2.75, 3.05) is 36.4 Å². The van der Waals surface area contributed by atoms with Crippen molar-refractivity contribution in [1.82, 2.24) is 19.7 Å². The third-order valence-corrected chi connectivity index (χ3v) is 5.78. The van der Waals surface area contributed by atoms with E-state index in [4.69, 9.17) is 0 Å². The molecule has 2 aliphatic heterocycles. The van der Waals surface area contributed by atoms with E-state index in [1.165, 1.54) is 37.2 Å². The summed E-state index contributed by atoms with van der Waals surface area (Å²) in [5.41, 5.74) is 4.57. The SMILES string of the molecule is Cc1cc(Nc2ncn(-c3ccccc3)n2)cc(N2CCN3CCC[C@@H]3C2)c1. The second-order valence-corrected chi connectivity index (χ2v) is 7.81. The standard InChI is InChI=1S/C22H26N6/c1-17-12-18(24-22-23-16-28(25-22)19-6-3-2-4-7-19)14-21(13-17)27-11-10-26-9-5-8-20(26)15-27/h2-4,6-7,12-14,16,20H,5,8-11,15H2,1H3,(H,24,25)/t20-/m1/s1. The van der Waals surface area contributed by atoms with Crippen LogP contribution in [-0.4, -0.2) is 51.9 Å². The minimum absolute atomic E-state index is 0.612. The van der Waals surface area contributed by atoms with E-state index >= 15 is 0 Å². The molecule has 2 fully saturated rings. The summed E-state index contributed by atoms with van der Waals surface area (Å²) in [7, 11) is 0. The summed E-state index contributed by atoms with van der Waals surface area (Å²) in [6.45, 7) is 6.82. The van der Waals surface area contributed by atoms with Crippen LogP contribution in [0, 0.1) is 6.92 Å². The largest absolute Gasteiger partial charge is 0.369 e. The number of rotatable bonds is 4. The number of nitrogens with one attached hydrogen (secondary N) is 1. The number of para-hydroxylation sites is 1. The lowest BCUT2D eigenvalue weighted by Crippen LogP contribution is -2.50. The van der Waals surface area contributed by atoms with Crippen LogP contribution in [0.5, 0.6) is 0 Å². The van der Waals surface area contributed by atoms with Crippen LogP contribution in [0.15, 0.2) is 54.9 Å². The Morgan fingerprint density at radius 2 is 1.89 bits per heavy atom. The monoisotopic (exact) mass is 374 g/mol. The summed E-state index contributed by atoms with van der Waals surface area (Å²) in [4.78, 5) is 9.60. The third kappa shape index (κ3) is 3.47. The molecule has 1 aromatic heterocycles. The summed E-state index contributed by atoms with van der Waals surface area (Å²) in [5, 5.41) is 7.95. The van der Waals surface area contributed by atoms with Crippen LogP contribution in [0.1, 0.15) is 18.4 Å². The molecule has 0 bridgehead atoms. The van der Waals surface area contributed by atoms with E-state index in [0.29, 0.717) is 12.0 Å². The van der Waals surface area contributed by atoms with Gasteiger partial charge in [0.2, 0.25) is 5.95 Å². The Kier molecular flexibility index (Phi) is 4.49. The Morgan fingerprint density at radius 1 is 1.00 bits per heavy atom. The van der Waals surface area contributed by atoms with Gasteiger partial charge >= 0.3 is 0 Å². The Hall–Kier alpha value is -2.86. The van der Waals surface area contributed by atoms with Crippen LogP contribution >= 0.6 is 0 Å². The van der Waals surface area contributed by atoms with Crippen molar-refractivity contribution in [2.45, 2.75) is 25.8 Å². The van der Waals surface area contributed by atoms with Gasteiger partial charge in [0.1, 0.15) is 6.33 Å². The Morgan fingerprint density at radius 3 is 2.79 bits per heavy atom. The van der Waals surface area contributed by atoms with Crippen molar-refractivity contribution in [2.24, 2.45) is 0 Å². The third-order valence-electron chi connectivity index (χ3n) is 5.78. The molecule has 0 radical (unpaired) electrons. The highest BCUT2D eigenvalue weighted by atomic mass is 15.4. The highest BCUT2D eigenvalue weighted by Crippen LogP contribution is 2.29. The van der Waals surface area contributed by atoms with E-state index in [1.807, 2.05) is 30.3 Å². The molecule has 2 aromatic carbocycles. The molecule has 1 atom stereocenters. The first-order valence-corrected chi connectivity index (χ1v) is 10.1. The lowest BCUT2D eigenvalue weighted by Gasteiger charge is -2.39. The molecule has 2 saturated heterocycles. The number of hydrogen-bond donors (Lipinski definition) is 1. The molecular formula is C22H26N6. The molecule has 28 heavy (non-hydrogen) atoms. The van der Waals surface area contributed by atoms with Crippen molar-refractivity contribution >= 4 is 17.3 Å². The predicted molar refractivity (Wildman–Crippen MR) is 113 cm³/mol. The van der Waals surface area contributed by atoms with Gasteiger partial charge < -0.3 is 10.2 Å². The minimum atomic E-state index is 0.612. The van der Waals surface area contributed by atoms with Crippen molar-refractivity contribution in [3.8, 4) is 5.69 Å². The Labute approximate surface area is 165 Å². The van der Waals surface area contributed by atoms with Crippen LogP contribution in [0.3, 0.4) is 0 Å². The number of aromatic nitrogens is 3. The van der Waals surface area contributed by atoms with Crippen molar-refractivity contribution in [3.05, 3.63) is 60.4 Å². The molecule has 144 valence electrons. The molecule has 0 unspecified atom stereocenters. The van der Waals surface area contributed by atoms with Crippen molar-refractivity contribution in [3.63, 3.8) is 0 Å². The van der Waals surface area contributed by atoms with Gasteiger partial charge in [-0.3, -0.25) is 4.90 Å². The van der Waals surface area contributed by atoms with Crippen molar-refractivity contribution in [1.29, 1.82) is 0 Å². The van der Waals surface area contributed by atoms with Gasteiger partial charge in [0.05, 0.1) is 5.69 Å². The molecule has 0 saturated carbocycles. The van der Waals surface area contributed by atoms with Gasteiger partial charge in [0, 0.05) is 37.1 Å². The first-order valence-electron chi connectivity index (χ1n) is 10.1. The topological polar surface area (TPSA) is 49.2 Å². The fourth-order valence-corrected chi connectivity index (χ4v) is 4.40. The van der Waals surface area contributed by atoms with E-state index in [9.17, 15) is 0 Å². The highest BCUT2D eigenvalue weighted by Gasteiger charge is 2.30. The molecular weight excluding hydrogens is 348 g/mol. The number of fused-ring (bicyclic) bond motifs is 1. The summed E-state index contributed by atoms with van der Waals surface area (Å²) < 4.78 is 1.79. The maximum atomic E-state index is 4.57. The van der Waals surface area contributed by atoms with Gasteiger partial charge in [-0.2, -0.15) is 4.98 Å². The number of nitrogens with zero attached hydrogens (tertiary/aromatic N) is 5. The second kappa shape index (κ2) is 7.28. The molecule has 0 aliphatic carbocycles. The summed E-state index contributed by atoms with van der Waals surface area (Å²) in [5.74, 6) is 0.612. The quantitative estimate of drug-likeness (QED) is 0.756. The number of anilines is 3. The number of aryl methyl sites for hydroxylation is 1. The van der Waals surface area contributed by atoms with Gasteiger partial charge in [0.15, 0.2) is 0 Å². The smallest absolute Gasteiger partial charge is 0.246 e. The number of hydrogen-bond acceptors (Lipinski definition) is 5. The number of benzene rings is 2. The molecule has 1 N–H and O–H groups in total. The van der Waals surface area contributed by atoms with Crippen LogP contribution in [0.2, 0.25) is 0 Å². The Balaban J connectivity index is 1.34. The molecule has 0 spiro atoms. The van der Waals surface area contributed by atoms with Crippen molar-refractivity contribution < 1.29 is 0 Å². The molecule has 0 amide bonds. The predicted octanol–water partition coefficient (Wildman–Crippen LogP) is 3.60. The lowest BCUT2D eigenvalue weighted by atomic mass is 10.1. The second-order valence-electron chi connectivity index (χ2n) is 7.81. The lowest BCUT2D eigenvalue weighted by molar-refractivity contribution is 0.231. The summed E-state index contributed by atoms with van der Waals surface area (Å²) in [6, 6.07) is 17.4. The zero-order valence-electron chi connectivity index (χ0n) is 16.3. The van der Waals surface area contributed by atoms with E-state index < -0.39 is 0 Å². The molecule has 3 heterocycles. The molecule has 6 heteroatoms. The highest BCUT2D eigenvalue weighted by molar-refractivity contribution is 5.64. The van der Waals surface area contributed by atoms with Crippen LogP contribution in [0.4, 0.5) is 17.3 Å². The van der Waals surface area contributed by atoms with E-state index in [2.05, 4.69) is 50.3 Å². The van der Waals surface area contributed by atoms with Gasteiger partial charge in [-0.15, -0.1) is 5.10 Å². The zero-order valence-corrected chi connectivity index (χ0v) is 16.3. The zero-order chi connectivity index (χ0) is 18.9. The fraction of sp³-hybridized carbons (Fsp3) is 0.364. The summed E-state index contributed by atoms with van der Waals surface area (Å²) in [6.07, 6.45) is 4.41. The maximum absolute atomic E-state index is 4.57. The molecule has 6 nitrogen and oxygen atoms in total. The first kappa shape index (κ1) is 17.3. The average molecular weight is 374 g/mol. The van der Waals surface area contributed by atoms with Gasteiger partial charge in [0.25, 0.3) is 0 Å². The van der Waals surface area contributed by atoms with Crippen LogP contribution < -0.4 is 10.2 Å². The van der Waals surface area contributed by atoms with E-state index in [1.54, 1.807) is 11.0 Å². The average Bonchev–Trinajstić information content (AvgIpc) is 3.37. The maximum Gasteiger partial charge on any atom is 0.246 e. The first-order chi connectivity index (χ1) is 13.7. The fourth-order valence-electron chi connectivity index (χ4n) is 4.40. The minimum Gasteiger partial charge on any atom is -0.369 e. The number of piperazine rings is 1. The summed E-state index contributed by atoms with van der Waals surface area (Å²) >= 11 is 0. The molecule has 2 aliphatic rings. The van der Waals surface area contributed by atoms with Gasteiger partial charge in [-0.25, -0.2) is 4.68 Å². The van der Waals surface area contributed by atoms with Gasteiger partial charge in [-0.05, 0) is 62.2 Å². The van der Waals surface area contributed by atoms with Crippen LogP contribution in [-0.2, 0) is 0 Å². The van der Waals surface area contributed by atoms with Gasteiger partial charge in [-0.1, -0.05) is 18.2 Å². The normalized spacial score (nSPS) is 19.6.